The zero-order valence-corrected chi connectivity index (χ0v) is 13.6. The fourth-order valence-electron chi connectivity index (χ4n) is 2.77. The number of nitrogens with two attached hydrogens (primary N) is 1. The number of rotatable bonds is 6. The minimum Gasteiger partial charge on any atom is -0.368 e. The highest BCUT2D eigenvalue weighted by molar-refractivity contribution is 5.94. The van der Waals surface area contributed by atoms with Crippen molar-refractivity contribution in [3.05, 3.63) is 18.3 Å². The third-order valence-corrected chi connectivity index (χ3v) is 4.70. The van der Waals surface area contributed by atoms with E-state index in [1.54, 1.807) is 0 Å². The van der Waals surface area contributed by atoms with Crippen molar-refractivity contribution in [1.29, 1.82) is 0 Å². The lowest BCUT2D eigenvalue weighted by atomic mass is 9.81. The van der Waals surface area contributed by atoms with Crippen LogP contribution in [0.25, 0.3) is 0 Å². The molecule has 122 valence electrons. The predicted molar refractivity (Wildman–Crippen MR) is 90.0 cm³/mol. The van der Waals surface area contributed by atoms with Gasteiger partial charge in [-0.15, -0.1) is 0 Å². The van der Waals surface area contributed by atoms with Crippen LogP contribution in [-0.4, -0.2) is 43.6 Å². The van der Waals surface area contributed by atoms with Crippen molar-refractivity contribution in [3.8, 4) is 0 Å². The Morgan fingerprint density at radius 1 is 1.36 bits per heavy atom. The highest BCUT2D eigenvalue weighted by atomic mass is 16.2. The smallest absolute Gasteiger partial charge is 0.233 e. The van der Waals surface area contributed by atoms with Crippen LogP contribution in [0.1, 0.15) is 26.7 Å². The summed E-state index contributed by atoms with van der Waals surface area (Å²) in [5, 5.41) is 6.23. The van der Waals surface area contributed by atoms with Gasteiger partial charge in [-0.25, -0.2) is 4.98 Å². The molecule has 0 unspecified atom stereocenters. The number of pyridine rings is 1. The molecule has 1 amide bonds. The fourth-order valence-corrected chi connectivity index (χ4v) is 2.77. The number of carbonyl (C=O) groups excluding carboxylic acids is 1. The molecule has 0 bridgehead atoms. The molecule has 1 aliphatic heterocycles. The van der Waals surface area contributed by atoms with Crippen LogP contribution in [0.4, 0.5) is 11.5 Å². The van der Waals surface area contributed by atoms with E-state index in [9.17, 15) is 4.79 Å². The lowest BCUT2D eigenvalue weighted by Crippen LogP contribution is -2.43. The molecule has 0 aromatic carbocycles. The molecule has 0 radical (unpaired) electrons. The average molecular weight is 305 g/mol. The van der Waals surface area contributed by atoms with Crippen LogP contribution in [0.15, 0.2) is 18.3 Å². The molecule has 1 fully saturated rings. The molecule has 2 heterocycles. The summed E-state index contributed by atoms with van der Waals surface area (Å²) >= 11 is 0. The Morgan fingerprint density at radius 2 is 2.05 bits per heavy atom. The highest BCUT2D eigenvalue weighted by Crippen LogP contribution is 2.27. The lowest BCUT2D eigenvalue weighted by molar-refractivity contribution is -0.125. The van der Waals surface area contributed by atoms with Gasteiger partial charge in [-0.1, -0.05) is 13.8 Å². The first-order valence-electron chi connectivity index (χ1n) is 8.08. The molecule has 1 aliphatic rings. The van der Waals surface area contributed by atoms with Gasteiger partial charge in [0.05, 0.1) is 17.3 Å². The van der Waals surface area contributed by atoms with E-state index in [0.29, 0.717) is 12.4 Å². The number of hydrogen-bond acceptors (Lipinski definition) is 5. The van der Waals surface area contributed by atoms with Crippen LogP contribution < -0.4 is 21.3 Å². The number of piperazine rings is 1. The maximum Gasteiger partial charge on any atom is 0.233 e. The molecular formula is C16H27N5O. The van der Waals surface area contributed by atoms with E-state index in [0.717, 1.165) is 44.7 Å². The van der Waals surface area contributed by atoms with Crippen molar-refractivity contribution in [3.63, 3.8) is 0 Å². The van der Waals surface area contributed by atoms with Crippen LogP contribution >= 0.6 is 0 Å². The number of carbonyl (C=O) groups is 1. The van der Waals surface area contributed by atoms with Gasteiger partial charge in [-0.3, -0.25) is 4.79 Å². The molecule has 2 rings (SSSR count). The van der Waals surface area contributed by atoms with Gasteiger partial charge in [0.15, 0.2) is 0 Å². The Bertz CT molecular complexity index is 470. The van der Waals surface area contributed by atoms with Crippen LogP contribution in [0, 0.1) is 5.41 Å². The predicted octanol–water partition coefficient (Wildman–Crippen LogP) is 1.19. The minimum absolute atomic E-state index is 0.0394. The van der Waals surface area contributed by atoms with Gasteiger partial charge < -0.3 is 21.3 Å². The van der Waals surface area contributed by atoms with Crippen LogP contribution in [-0.2, 0) is 4.79 Å². The SMILES string of the molecule is CCC(CC)(CN)C(=O)Nc1ccc(N2CCNCC2)cn1. The van der Waals surface area contributed by atoms with Crippen LogP contribution in [0.3, 0.4) is 0 Å². The summed E-state index contributed by atoms with van der Waals surface area (Å²) in [4.78, 5) is 19.1. The third kappa shape index (κ3) is 3.56. The van der Waals surface area contributed by atoms with E-state index >= 15 is 0 Å². The number of nitrogens with one attached hydrogen (secondary N) is 2. The molecule has 0 spiro atoms. The summed E-state index contributed by atoms with van der Waals surface area (Å²) in [6.45, 7) is 8.29. The third-order valence-electron chi connectivity index (χ3n) is 4.70. The standard InChI is InChI=1S/C16H27N5O/c1-3-16(4-2,12-17)15(22)20-14-6-5-13(11-19-14)21-9-7-18-8-10-21/h5-6,11,18H,3-4,7-10,12,17H2,1-2H3,(H,19,20,22). The van der Waals surface area contributed by atoms with Crippen LogP contribution in [0.5, 0.6) is 0 Å². The number of amides is 1. The van der Waals surface area contributed by atoms with Gasteiger partial charge in [0.2, 0.25) is 5.91 Å². The summed E-state index contributed by atoms with van der Waals surface area (Å²) < 4.78 is 0. The van der Waals surface area contributed by atoms with Crippen molar-refractivity contribution < 1.29 is 4.79 Å². The molecule has 0 atom stereocenters. The zero-order chi connectivity index (χ0) is 16.0. The largest absolute Gasteiger partial charge is 0.368 e. The Balaban J connectivity index is 2.02. The minimum atomic E-state index is -0.501. The van der Waals surface area contributed by atoms with Gasteiger partial charge in [0, 0.05) is 32.7 Å². The van der Waals surface area contributed by atoms with E-state index in [1.165, 1.54) is 0 Å². The summed E-state index contributed by atoms with van der Waals surface area (Å²) in [6, 6.07) is 3.87. The molecule has 1 aromatic rings. The van der Waals surface area contributed by atoms with Crippen molar-refractivity contribution in [2.75, 3.05) is 42.9 Å². The second-order valence-electron chi connectivity index (χ2n) is 5.78. The van der Waals surface area contributed by atoms with Crippen molar-refractivity contribution in [2.24, 2.45) is 11.1 Å². The van der Waals surface area contributed by atoms with Gasteiger partial charge in [-0.05, 0) is 25.0 Å². The van der Waals surface area contributed by atoms with Crippen molar-refractivity contribution in [2.45, 2.75) is 26.7 Å². The summed E-state index contributed by atoms with van der Waals surface area (Å²) in [5.74, 6) is 0.547. The second-order valence-corrected chi connectivity index (χ2v) is 5.78. The quantitative estimate of drug-likeness (QED) is 0.735. The molecule has 1 saturated heterocycles. The molecule has 4 N–H and O–H groups in total. The molecule has 6 nitrogen and oxygen atoms in total. The summed E-state index contributed by atoms with van der Waals surface area (Å²) in [7, 11) is 0. The topological polar surface area (TPSA) is 83.3 Å². The van der Waals surface area contributed by atoms with Gasteiger partial charge in [0.25, 0.3) is 0 Å². The normalized spacial score (nSPS) is 15.7. The zero-order valence-electron chi connectivity index (χ0n) is 13.6. The Hall–Kier alpha value is -1.66. The maximum absolute atomic E-state index is 12.5. The number of hydrogen-bond donors (Lipinski definition) is 3. The van der Waals surface area contributed by atoms with E-state index in [1.807, 2.05) is 32.2 Å². The molecule has 22 heavy (non-hydrogen) atoms. The number of aromatic nitrogens is 1. The van der Waals surface area contributed by atoms with E-state index < -0.39 is 5.41 Å². The van der Waals surface area contributed by atoms with Gasteiger partial charge in [0.1, 0.15) is 5.82 Å². The monoisotopic (exact) mass is 305 g/mol. The molecule has 1 aromatic heterocycles. The van der Waals surface area contributed by atoms with Crippen LogP contribution in [0.2, 0.25) is 0 Å². The molecular weight excluding hydrogens is 278 g/mol. The number of nitrogens with zero attached hydrogens (tertiary/aromatic N) is 2. The summed E-state index contributed by atoms with van der Waals surface area (Å²) in [6.07, 6.45) is 3.28. The van der Waals surface area contributed by atoms with Crippen molar-refractivity contribution >= 4 is 17.4 Å². The van der Waals surface area contributed by atoms with Gasteiger partial charge in [-0.2, -0.15) is 0 Å². The first-order valence-corrected chi connectivity index (χ1v) is 8.08. The highest BCUT2D eigenvalue weighted by Gasteiger charge is 2.33. The Morgan fingerprint density at radius 3 is 2.55 bits per heavy atom. The molecule has 0 aliphatic carbocycles. The summed E-state index contributed by atoms with van der Waals surface area (Å²) in [5.41, 5.74) is 6.40. The van der Waals surface area contributed by atoms with E-state index in [4.69, 9.17) is 5.73 Å². The number of anilines is 2. The molecule has 6 heteroatoms. The van der Waals surface area contributed by atoms with Gasteiger partial charge >= 0.3 is 0 Å². The first kappa shape index (κ1) is 16.7. The van der Waals surface area contributed by atoms with E-state index in [2.05, 4.69) is 20.5 Å². The van der Waals surface area contributed by atoms with Crippen molar-refractivity contribution in [1.82, 2.24) is 10.3 Å². The first-order chi connectivity index (χ1) is 10.6. The average Bonchev–Trinajstić information content (AvgIpc) is 2.58. The Kier molecular flexibility index (Phi) is 5.74. The fraction of sp³-hybridized carbons (Fsp3) is 0.625. The Labute approximate surface area is 132 Å². The second kappa shape index (κ2) is 7.56. The molecule has 0 saturated carbocycles. The maximum atomic E-state index is 12.5. The lowest BCUT2D eigenvalue weighted by Gasteiger charge is -2.30. The van der Waals surface area contributed by atoms with E-state index in [-0.39, 0.29) is 5.91 Å².